The lowest BCUT2D eigenvalue weighted by atomic mass is 9.99. The van der Waals surface area contributed by atoms with Gasteiger partial charge in [0.1, 0.15) is 0 Å². The van der Waals surface area contributed by atoms with Crippen molar-refractivity contribution in [2.24, 2.45) is 5.41 Å². The van der Waals surface area contributed by atoms with Crippen molar-refractivity contribution < 1.29 is 0 Å². The molecule has 0 bridgehead atoms. The molecule has 1 aliphatic carbocycles. The lowest BCUT2D eigenvalue weighted by molar-refractivity contribution is 0.443. The first-order valence-corrected chi connectivity index (χ1v) is 7.38. The Morgan fingerprint density at radius 1 is 1.33 bits per heavy atom. The first-order valence-electron chi connectivity index (χ1n) is 7.38. The largest absolute Gasteiger partial charge is 0.385 e. The van der Waals surface area contributed by atoms with Gasteiger partial charge in [0.2, 0.25) is 0 Å². The molecule has 0 aromatic heterocycles. The van der Waals surface area contributed by atoms with Gasteiger partial charge in [-0.15, -0.1) is 0 Å². The van der Waals surface area contributed by atoms with Crippen molar-refractivity contribution in [3.05, 3.63) is 29.3 Å². The summed E-state index contributed by atoms with van der Waals surface area (Å²) < 4.78 is 0. The third-order valence-corrected chi connectivity index (χ3v) is 4.68. The summed E-state index contributed by atoms with van der Waals surface area (Å²) in [4.78, 5) is 0. The van der Waals surface area contributed by atoms with E-state index in [0.717, 1.165) is 13.1 Å². The van der Waals surface area contributed by atoms with Crippen molar-refractivity contribution in [1.82, 2.24) is 5.32 Å². The van der Waals surface area contributed by atoms with Gasteiger partial charge in [-0.25, -0.2) is 0 Å². The number of para-hydroxylation sites is 1. The van der Waals surface area contributed by atoms with Crippen LogP contribution in [-0.2, 0) is 13.0 Å². The Morgan fingerprint density at radius 2 is 2.22 bits per heavy atom. The van der Waals surface area contributed by atoms with Gasteiger partial charge in [0.05, 0.1) is 0 Å². The third-order valence-electron chi connectivity index (χ3n) is 4.68. The molecule has 1 saturated carbocycles. The number of rotatable bonds is 5. The van der Waals surface area contributed by atoms with Gasteiger partial charge in [-0.2, -0.15) is 0 Å². The molecule has 0 radical (unpaired) electrons. The SMILES string of the molecule is CCC1(CNCc2cccc3c2NCCC3)CC1. The maximum absolute atomic E-state index is 3.67. The van der Waals surface area contributed by atoms with E-state index in [1.165, 1.54) is 55.5 Å². The Morgan fingerprint density at radius 3 is 3.00 bits per heavy atom. The van der Waals surface area contributed by atoms with Gasteiger partial charge in [-0.1, -0.05) is 25.1 Å². The number of hydrogen-bond acceptors (Lipinski definition) is 2. The molecule has 2 heteroatoms. The van der Waals surface area contributed by atoms with Crippen LogP contribution in [0.3, 0.4) is 0 Å². The van der Waals surface area contributed by atoms with E-state index in [1.54, 1.807) is 0 Å². The fourth-order valence-corrected chi connectivity index (χ4v) is 3.02. The molecule has 2 aliphatic rings. The Labute approximate surface area is 110 Å². The van der Waals surface area contributed by atoms with Gasteiger partial charge in [0.25, 0.3) is 0 Å². The van der Waals surface area contributed by atoms with E-state index >= 15 is 0 Å². The van der Waals surface area contributed by atoms with Crippen LogP contribution in [0, 0.1) is 5.41 Å². The Bertz CT molecular complexity index is 421. The minimum atomic E-state index is 0.641. The number of anilines is 1. The van der Waals surface area contributed by atoms with Gasteiger partial charge >= 0.3 is 0 Å². The topological polar surface area (TPSA) is 24.1 Å². The molecule has 2 N–H and O–H groups in total. The standard InChI is InChI=1S/C16H24N2/c1-2-16(8-9-16)12-17-11-14-6-3-5-13-7-4-10-18-15(13)14/h3,5-6,17-18H,2,4,7-12H2,1H3. The highest BCUT2D eigenvalue weighted by Crippen LogP contribution is 2.47. The zero-order valence-electron chi connectivity index (χ0n) is 11.4. The molecule has 2 nitrogen and oxygen atoms in total. The van der Waals surface area contributed by atoms with Crippen molar-refractivity contribution >= 4 is 5.69 Å². The fourth-order valence-electron chi connectivity index (χ4n) is 3.02. The third kappa shape index (κ3) is 2.39. The minimum Gasteiger partial charge on any atom is -0.385 e. The molecule has 0 atom stereocenters. The molecule has 0 saturated heterocycles. The summed E-state index contributed by atoms with van der Waals surface area (Å²) in [5.41, 5.74) is 4.98. The molecular formula is C16H24N2. The van der Waals surface area contributed by atoms with Crippen LogP contribution in [0.5, 0.6) is 0 Å². The molecule has 0 amide bonds. The first-order chi connectivity index (χ1) is 8.83. The van der Waals surface area contributed by atoms with E-state index < -0.39 is 0 Å². The lowest BCUT2D eigenvalue weighted by Crippen LogP contribution is -2.24. The average Bonchev–Trinajstić information content (AvgIpc) is 3.20. The van der Waals surface area contributed by atoms with Crippen LogP contribution < -0.4 is 10.6 Å². The molecule has 1 fully saturated rings. The first kappa shape index (κ1) is 12.0. The second-order valence-electron chi connectivity index (χ2n) is 5.94. The molecule has 98 valence electrons. The van der Waals surface area contributed by atoms with Gasteiger partial charge in [0.15, 0.2) is 0 Å². The van der Waals surface area contributed by atoms with Gasteiger partial charge in [-0.3, -0.25) is 0 Å². The van der Waals surface area contributed by atoms with Gasteiger partial charge in [0, 0.05) is 25.3 Å². The number of hydrogen-bond donors (Lipinski definition) is 2. The normalized spacial score (nSPS) is 20.1. The summed E-state index contributed by atoms with van der Waals surface area (Å²) in [5, 5.41) is 7.23. The van der Waals surface area contributed by atoms with Crippen molar-refractivity contribution in [2.75, 3.05) is 18.4 Å². The highest BCUT2D eigenvalue weighted by Gasteiger charge is 2.39. The number of benzene rings is 1. The monoisotopic (exact) mass is 244 g/mol. The molecule has 18 heavy (non-hydrogen) atoms. The lowest BCUT2D eigenvalue weighted by Gasteiger charge is -2.22. The molecule has 1 aromatic carbocycles. The summed E-state index contributed by atoms with van der Waals surface area (Å²) in [6, 6.07) is 6.73. The van der Waals surface area contributed by atoms with Crippen LogP contribution in [0.25, 0.3) is 0 Å². The van der Waals surface area contributed by atoms with Gasteiger partial charge < -0.3 is 10.6 Å². The van der Waals surface area contributed by atoms with E-state index in [4.69, 9.17) is 0 Å². The molecule has 1 aromatic rings. The van der Waals surface area contributed by atoms with Crippen LogP contribution in [0.15, 0.2) is 18.2 Å². The summed E-state index contributed by atoms with van der Waals surface area (Å²) >= 11 is 0. The van der Waals surface area contributed by atoms with E-state index in [1.807, 2.05) is 0 Å². The van der Waals surface area contributed by atoms with Crippen LogP contribution in [0.4, 0.5) is 5.69 Å². The van der Waals surface area contributed by atoms with Crippen LogP contribution in [0.1, 0.15) is 43.7 Å². The minimum absolute atomic E-state index is 0.641. The van der Waals surface area contributed by atoms with Crippen molar-refractivity contribution in [3.63, 3.8) is 0 Å². The zero-order chi connectivity index (χ0) is 12.4. The van der Waals surface area contributed by atoms with Gasteiger partial charge in [-0.05, 0) is 48.6 Å². The maximum Gasteiger partial charge on any atom is 0.0418 e. The number of fused-ring (bicyclic) bond motifs is 1. The van der Waals surface area contributed by atoms with Crippen molar-refractivity contribution in [2.45, 2.75) is 45.6 Å². The summed E-state index contributed by atoms with van der Waals surface area (Å²) in [5.74, 6) is 0. The Balaban J connectivity index is 1.62. The zero-order valence-corrected chi connectivity index (χ0v) is 11.4. The molecule has 0 spiro atoms. The molecule has 1 heterocycles. The van der Waals surface area contributed by atoms with E-state index in [-0.39, 0.29) is 0 Å². The average molecular weight is 244 g/mol. The number of nitrogens with one attached hydrogen (secondary N) is 2. The predicted octanol–water partition coefficient (Wildman–Crippen LogP) is 3.32. The number of aryl methyl sites for hydroxylation is 1. The van der Waals surface area contributed by atoms with E-state index in [2.05, 4.69) is 35.8 Å². The smallest absolute Gasteiger partial charge is 0.0418 e. The van der Waals surface area contributed by atoms with Crippen LogP contribution >= 0.6 is 0 Å². The van der Waals surface area contributed by atoms with Crippen LogP contribution in [-0.4, -0.2) is 13.1 Å². The summed E-state index contributed by atoms with van der Waals surface area (Å²) in [6.45, 7) is 5.65. The van der Waals surface area contributed by atoms with Crippen molar-refractivity contribution in [1.29, 1.82) is 0 Å². The quantitative estimate of drug-likeness (QED) is 0.830. The summed E-state index contributed by atoms with van der Waals surface area (Å²) in [7, 11) is 0. The highest BCUT2D eigenvalue weighted by molar-refractivity contribution is 5.59. The highest BCUT2D eigenvalue weighted by atomic mass is 14.9. The maximum atomic E-state index is 3.67. The Hall–Kier alpha value is -1.02. The fraction of sp³-hybridized carbons (Fsp3) is 0.625. The molecule has 1 aliphatic heterocycles. The second-order valence-corrected chi connectivity index (χ2v) is 5.94. The van der Waals surface area contributed by atoms with E-state index in [0.29, 0.717) is 5.41 Å². The molecule has 0 unspecified atom stereocenters. The molecule has 3 rings (SSSR count). The summed E-state index contributed by atoms with van der Waals surface area (Å²) in [6.07, 6.45) is 6.66. The molecular weight excluding hydrogens is 220 g/mol. The van der Waals surface area contributed by atoms with Crippen molar-refractivity contribution in [3.8, 4) is 0 Å². The Kier molecular flexibility index (Phi) is 3.29. The second kappa shape index (κ2) is 4.93. The predicted molar refractivity (Wildman–Crippen MR) is 76.9 cm³/mol. The van der Waals surface area contributed by atoms with Crippen LogP contribution in [0.2, 0.25) is 0 Å². The van der Waals surface area contributed by atoms with E-state index in [9.17, 15) is 0 Å².